The van der Waals surface area contributed by atoms with Crippen molar-refractivity contribution in [3.05, 3.63) is 33.5 Å². The smallest absolute Gasteiger partial charge is 0.185 e. The van der Waals surface area contributed by atoms with Crippen molar-refractivity contribution < 1.29 is 0 Å². The van der Waals surface area contributed by atoms with Gasteiger partial charge in [-0.25, -0.2) is 4.98 Å². The standard InChI is InChI=1S/C14H21N3S2/c1-4-17(9-13-6-5-7-18-13)14-16-12(10-19-14)8-15-11(2)3/h5-7,10-11,15H,4,8-9H2,1-3H3. The Morgan fingerprint density at radius 1 is 1.37 bits per heavy atom. The number of nitrogens with one attached hydrogen (secondary N) is 1. The van der Waals surface area contributed by atoms with E-state index in [1.54, 1.807) is 22.7 Å². The molecular weight excluding hydrogens is 274 g/mol. The van der Waals surface area contributed by atoms with Gasteiger partial charge in [0.15, 0.2) is 5.13 Å². The zero-order chi connectivity index (χ0) is 13.7. The maximum Gasteiger partial charge on any atom is 0.185 e. The van der Waals surface area contributed by atoms with Crippen LogP contribution in [0.2, 0.25) is 0 Å². The molecule has 0 spiro atoms. The molecule has 0 saturated carbocycles. The Kier molecular flexibility index (Phi) is 5.36. The highest BCUT2D eigenvalue weighted by molar-refractivity contribution is 7.13. The van der Waals surface area contributed by atoms with Gasteiger partial charge in [0.2, 0.25) is 0 Å². The van der Waals surface area contributed by atoms with Crippen molar-refractivity contribution in [2.45, 2.75) is 39.9 Å². The van der Waals surface area contributed by atoms with Crippen LogP contribution in [-0.2, 0) is 13.1 Å². The lowest BCUT2D eigenvalue weighted by atomic mass is 10.4. The van der Waals surface area contributed by atoms with Gasteiger partial charge in [-0.05, 0) is 18.4 Å². The van der Waals surface area contributed by atoms with E-state index in [1.165, 1.54) is 4.88 Å². The highest BCUT2D eigenvalue weighted by Gasteiger charge is 2.10. The number of hydrogen-bond donors (Lipinski definition) is 1. The van der Waals surface area contributed by atoms with E-state index in [4.69, 9.17) is 4.98 Å². The molecule has 0 radical (unpaired) electrons. The van der Waals surface area contributed by atoms with Crippen molar-refractivity contribution in [2.75, 3.05) is 11.4 Å². The Balaban J connectivity index is 1.98. The van der Waals surface area contributed by atoms with Gasteiger partial charge in [0.25, 0.3) is 0 Å². The van der Waals surface area contributed by atoms with E-state index in [0.29, 0.717) is 6.04 Å². The summed E-state index contributed by atoms with van der Waals surface area (Å²) in [6, 6.07) is 4.79. The summed E-state index contributed by atoms with van der Waals surface area (Å²) in [7, 11) is 0. The fraction of sp³-hybridized carbons (Fsp3) is 0.500. The molecular formula is C14H21N3S2. The number of aromatic nitrogens is 1. The van der Waals surface area contributed by atoms with Gasteiger partial charge in [0, 0.05) is 29.4 Å². The topological polar surface area (TPSA) is 28.2 Å². The van der Waals surface area contributed by atoms with Crippen molar-refractivity contribution in [2.24, 2.45) is 0 Å². The highest BCUT2D eigenvalue weighted by atomic mass is 32.1. The summed E-state index contributed by atoms with van der Waals surface area (Å²) in [5.74, 6) is 0. The third-order valence-corrected chi connectivity index (χ3v) is 4.62. The van der Waals surface area contributed by atoms with E-state index in [-0.39, 0.29) is 0 Å². The van der Waals surface area contributed by atoms with Crippen LogP contribution in [0.15, 0.2) is 22.9 Å². The third kappa shape index (κ3) is 4.30. The first-order valence-electron chi connectivity index (χ1n) is 6.64. The lowest BCUT2D eigenvalue weighted by molar-refractivity contribution is 0.582. The SMILES string of the molecule is CCN(Cc1cccs1)c1nc(CNC(C)C)cs1. The molecule has 0 aliphatic rings. The second kappa shape index (κ2) is 7.03. The summed E-state index contributed by atoms with van der Waals surface area (Å²) < 4.78 is 0. The molecule has 19 heavy (non-hydrogen) atoms. The summed E-state index contributed by atoms with van der Waals surface area (Å²) in [6.45, 7) is 9.29. The Labute approximate surface area is 123 Å². The van der Waals surface area contributed by atoms with Gasteiger partial charge in [0.05, 0.1) is 12.2 Å². The van der Waals surface area contributed by atoms with Crippen LogP contribution >= 0.6 is 22.7 Å². The Hall–Kier alpha value is -0.910. The Bertz CT molecular complexity index is 477. The van der Waals surface area contributed by atoms with Crippen molar-refractivity contribution in [3.63, 3.8) is 0 Å². The molecule has 2 heterocycles. The number of rotatable bonds is 7. The van der Waals surface area contributed by atoms with E-state index >= 15 is 0 Å². The molecule has 0 aliphatic heterocycles. The molecule has 2 aromatic rings. The van der Waals surface area contributed by atoms with Crippen LogP contribution in [0.1, 0.15) is 31.3 Å². The third-order valence-electron chi connectivity index (χ3n) is 2.81. The minimum Gasteiger partial charge on any atom is -0.343 e. The van der Waals surface area contributed by atoms with Crippen LogP contribution < -0.4 is 10.2 Å². The summed E-state index contributed by atoms with van der Waals surface area (Å²) in [4.78, 5) is 8.44. The molecule has 104 valence electrons. The largest absolute Gasteiger partial charge is 0.343 e. The molecule has 0 aromatic carbocycles. The van der Waals surface area contributed by atoms with Crippen LogP contribution in [0.3, 0.4) is 0 Å². The average Bonchev–Trinajstić information content (AvgIpc) is 3.04. The summed E-state index contributed by atoms with van der Waals surface area (Å²) in [5, 5.41) is 8.81. The molecule has 0 atom stereocenters. The molecule has 0 aliphatic carbocycles. The first-order chi connectivity index (χ1) is 9.19. The number of hydrogen-bond acceptors (Lipinski definition) is 5. The van der Waals surface area contributed by atoms with Crippen LogP contribution in [-0.4, -0.2) is 17.6 Å². The van der Waals surface area contributed by atoms with Crippen molar-refractivity contribution >= 4 is 27.8 Å². The predicted octanol–water partition coefficient (Wildman–Crippen LogP) is 3.73. The first kappa shape index (κ1) is 14.5. The van der Waals surface area contributed by atoms with Gasteiger partial charge in [0.1, 0.15) is 0 Å². The maximum absolute atomic E-state index is 4.72. The van der Waals surface area contributed by atoms with Crippen LogP contribution in [0.4, 0.5) is 5.13 Å². The molecule has 0 fully saturated rings. The molecule has 5 heteroatoms. The second-order valence-corrected chi connectivity index (χ2v) is 6.62. The number of anilines is 1. The molecule has 1 N–H and O–H groups in total. The Morgan fingerprint density at radius 2 is 2.21 bits per heavy atom. The zero-order valence-electron chi connectivity index (χ0n) is 11.7. The van der Waals surface area contributed by atoms with Crippen molar-refractivity contribution in [3.8, 4) is 0 Å². The fourth-order valence-corrected chi connectivity index (χ4v) is 3.35. The van der Waals surface area contributed by atoms with E-state index in [9.17, 15) is 0 Å². The molecule has 0 amide bonds. The zero-order valence-corrected chi connectivity index (χ0v) is 13.4. The fourth-order valence-electron chi connectivity index (χ4n) is 1.74. The molecule has 3 nitrogen and oxygen atoms in total. The summed E-state index contributed by atoms with van der Waals surface area (Å²) in [6.07, 6.45) is 0. The quantitative estimate of drug-likeness (QED) is 0.843. The maximum atomic E-state index is 4.72. The van der Waals surface area contributed by atoms with E-state index < -0.39 is 0 Å². The predicted molar refractivity (Wildman–Crippen MR) is 85.1 cm³/mol. The number of thiophene rings is 1. The van der Waals surface area contributed by atoms with Crippen molar-refractivity contribution in [1.29, 1.82) is 0 Å². The lowest BCUT2D eigenvalue weighted by Gasteiger charge is -2.18. The van der Waals surface area contributed by atoms with Gasteiger partial charge in [-0.15, -0.1) is 22.7 Å². The van der Waals surface area contributed by atoms with Gasteiger partial charge >= 0.3 is 0 Å². The molecule has 0 bridgehead atoms. The Morgan fingerprint density at radius 3 is 2.84 bits per heavy atom. The van der Waals surface area contributed by atoms with E-state index in [2.05, 4.69) is 53.9 Å². The van der Waals surface area contributed by atoms with E-state index in [1.807, 2.05) is 0 Å². The first-order valence-corrected chi connectivity index (χ1v) is 8.40. The molecule has 0 saturated heterocycles. The number of nitrogens with zero attached hydrogens (tertiary/aromatic N) is 2. The van der Waals surface area contributed by atoms with Gasteiger partial charge in [-0.3, -0.25) is 0 Å². The van der Waals surface area contributed by atoms with Gasteiger partial charge in [-0.2, -0.15) is 0 Å². The number of thiazole rings is 1. The van der Waals surface area contributed by atoms with Crippen LogP contribution in [0.25, 0.3) is 0 Å². The highest BCUT2D eigenvalue weighted by Crippen LogP contribution is 2.23. The minimum atomic E-state index is 0.499. The molecule has 2 rings (SSSR count). The monoisotopic (exact) mass is 295 g/mol. The molecule has 2 aromatic heterocycles. The van der Waals surface area contributed by atoms with Crippen LogP contribution in [0.5, 0.6) is 0 Å². The van der Waals surface area contributed by atoms with Crippen LogP contribution in [0, 0.1) is 0 Å². The molecule has 0 unspecified atom stereocenters. The minimum absolute atomic E-state index is 0.499. The van der Waals surface area contributed by atoms with Gasteiger partial charge < -0.3 is 10.2 Å². The van der Waals surface area contributed by atoms with Gasteiger partial charge in [-0.1, -0.05) is 19.9 Å². The van der Waals surface area contributed by atoms with E-state index in [0.717, 1.165) is 30.5 Å². The van der Waals surface area contributed by atoms with Crippen molar-refractivity contribution in [1.82, 2.24) is 10.3 Å². The lowest BCUT2D eigenvalue weighted by Crippen LogP contribution is -2.23. The second-order valence-electron chi connectivity index (χ2n) is 4.75. The normalized spacial score (nSPS) is 11.2. The summed E-state index contributed by atoms with van der Waals surface area (Å²) >= 11 is 3.54. The summed E-state index contributed by atoms with van der Waals surface area (Å²) in [5.41, 5.74) is 1.14. The average molecular weight is 295 g/mol.